The first-order valence-corrected chi connectivity index (χ1v) is 10.1. The molecule has 1 aliphatic heterocycles. The largest absolute Gasteiger partial charge is 0.338 e. The number of benzene rings is 2. The summed E-state index contributed by atoms with van der Waals surface area (Å²) in [5.74, 6) is -0.620. The molecule has 0 spiro atoms. The maximum atomic E-state index is 12.9. The second-order valence-electron chi connectivity index (χ2n) is 6.56. The highest BCUT2D eigenvalue weighted by Gasteiger charge is 2.38. The van der Waals surface area contributed by atoms with Crippen molar-refractivity contribution in [3.05, 3.63) is 60.2 Å². The molecule has 2 atom stereocenters. The molecule has 1 saturated heterocycles. The number of nitrogens with one attached hydrogen (secondary N) is 1. The average Bonchev–Trinajstić information content (AvgIpc) is 2.64. The van der Waals surface area contributed by atoms with Crippen molar-refractivity contribution < 1.29 is 18.0 Å². The van der Waals surface area contributed by atoms with Crippen molar-refractivity contribution in [2.24, 2.45) is 11.1 Å². The van der Waals surface area contributed by atoms with Crippen LogP contribution in [-0.2, 0) is 19.6 Å². The quantitative estimate of drug-likeness (QED) is 0.835. The monoisotopic (exact) mass is 387 g/mol. The molecule has 1 fully saturated rings. The number of amides is 2. The Hall–Kier alpha value is -2.71. The molecule has 2 aromatic carbocycles. The predicted molar refractivity (Wildman–Crippen MR) is 101 cm³/mol. The van der Waals surface area contributed by atoms with Gasteiger partial charge in [0, 0.05) is 19.2 Å². The number of hydrogen-bond donors (Lipinski definition) is 2. The molecule has 0 radical (unpaired) electrons. The number of carbonyl (C=O) groups excluding carboxylic acids is 2. The van der Waals surface area contributed by atoms with Gasteiger partial charge in [0.15, 0.2) is 0 Å². The summed E-state index contributed by atoms with van der Waals surface area (Å²) in [6, 6.07) is 14.8. The van der Waals surface area contributed by atoms with Gasteiger partial charge in [-0.25, -0.2) is 13.6 Å². The minimum absolute atomic E-state index is 0.00501. The standard InChI is InChI=1S/C19H21N3O4S/c1-22-17(23)12-11-16(18(22)13-5-3-2-4-6-13)19(24)21-14-7-9-15(10-8-14)27(20,25)26/h2-10,16,18H,11-12H2,1H3,(H,21,24)(H2,20,25,26)/t16-,18+/m0/s1. The highest BCUT2D eigenvalue weighted by molar-refractivity contribution is 7.89. The number of nitrogens with two attached hydrogens (primary N) is 1. The maximum absolute atomic E-state index is 12.9. The fourth-order valence-electron chi connectivity index (χ4n) is 3.38. The van der Waals surface area contributed by atoms with Crippen LogP contribution in [0.4, 0.5) is 5.69 Å². The fourth-order valence-corrected chi connectivity index (χ4v) is 3.90. The lowest BCUT2D eigenvalue weighted by molar-refractivity contribution is -0.140. The summed E-state index contributed by atoms with van der Waals surface area (Å²) in [4.78, 5) is 26.7. The Labute approximate surface area is 158 Å². The Kier molecular flexibility index (Phi) is 5.29. The van der Waals surface area contributed by atoms with E-state index >= 15 is 0 Å². The van der Waals surface area contributed by atoms with Crippen LogP contribution in [0.1, 0.15) is 24.4 Å². The van der Waals surface area contributed by atoms with Crippen molar-refractivity contribution in [3.8, 4) is 0 Å². The summed E-state index contributed by atoms with van der Waals surface area (Å²) < 4.78 is 22.7. The minimum Gasteiger partial charge on any atom is -0.338 e. The summed E-state index contributed by atoms with van der Waals surface area (Å²) in [7, 11) is -2.07. The zero-order chi connectivity index (χ0) is 19.6. The molecule has 142 valence electrons. The second-order valence-corrected chi connectivity index (χ2v) is 8.13. The summed E-state index contributed by atoms with van der Waals surface area (Å²) in [5.41, 5.74) is 1.37. The van der Waals surface area contributed by atoms with E-state index in [1.54, 1.807) is 11.9 Å². The molecule has 3 N–H and O–H groups in total. The van der Waals surface area contributed by atoms with E-state index in [9.17, 15) is 18.0 Å². The van der Waals surface area contributed by atoms with E-state index in [1.807, 2.05) is 30.3 Å². The van der Waals surface area contributed by atoms with Crippen molar-refractivity contribution >= 4 is 27.5 Å². The van der Waals surface area contributed by atoms with Crippen LogP contribution < -0.4 is 10.5 Å². The van der Waals surface area contributed by atoms with Crippen LogP contribution in [-0.4, -0.2) is 32.2 Å². The van der Waals surface area contributed by atoms with Crippen molar-refractivity contribution in [1.29, 1.82) is 0 Å². The number of rotatable bonds is 4. The van der Waals surface area contributed by atoms with Crippen molar-refractivity contribution in [1.82, 2.24) is 4.90 Å². The molecular formula is C19H21N3O4S. The summed E-state index contributed by atoms with van der Waals surface area (Å²) >= 11 is 0. The van der Waals surface area contributed by atoms with Gasteiger partial charge in [0.05, 0.1) is 16.9 Å². The number of likely N-dealkylation sites (tertiary alicyclic amines) is 1. The van der Waals surface area contributed by atoms with Crippen LogP contribution in [0.15, 0.2) is 59.5 Å². The van der Waals surface area contributed by atoms with Gasteiger partial charge in [-0.15, -0.1) is 0 Å². The first kappa shape index (κ1) is 19.1. The van der Waals surface area contributed by atoms with Crippen LogP contribution in [0.2, 0.25) is 0 Å². The molecule has 0 unspecified atom stereocenters. The van der Waals surface area contributed by atoms with E-state index in [-0.39, 0.29) is 22.8 Å². The molecule has 7 nitrogen and oxygen atoms in total. The van der Waals surface area contributed by atoms with Gasteiger partial charge >= 0.3 is 0 Å². The summed E-state index contributed by atoms with van der Waals surface area (Å²) in [6.45, 7) is 0. The lowest BCUT2D eigenvalue weighted by atomic mass is 9.84. The molecule has 3 rings (SSSR count). The lowest BCUT2D eigenvalue weighted by Crippen LogP contribution is -2.44. The first-order chi connectivity index (χ1) is 12.8. The van der Waals surface area contributed by atoms with Gasteiger partial charge in [0.2, 0.25) is 21.8 Å². The zero-order valence-corrected chi connectivity index (χ0v) is 15.6. The zero-order valence-electron chi connectivity index (χ0n) is 14.8. The molecule has 0 bridgehead atoms. The van der Waals surface area contributed by atoms with E-state index < -0.39 is 15.9 Å². The van der Waals surface area contributed by atoms with Gasteiger partial charge in [-0.1, -0.05) is 30.3 Å². The molecule has 0 aromatic heterocycles. The number of nitrogens with zero attached hydrogens (tertiary/aromatic N) is 1. The van der Waals surface area contributed by atoms with Crippen LogP contribution in [0.5, 0.6) is 0 Å². The molecule has 1 aliphatic rings. The van der Waals surface area contributed by atoms with E-state index in [2.05, 4.69) is 5.32 Å². The van der Waals surface area contributed by atoms with Gasteiger partial charge in [-0.3, -0.25) is 9.59 Å². The minimum atomic E-state index is -3.78. The van der Waals surface area contributed by atoms with Gasteiger partial charge in [0.25, 0.3) is 0 Å². The van der Waals surface area contributed by atoms with Crippen LogP contribution in [0, 0.1) is 5.92 Å². The molecule has 2 amide bonds. The molecule has 1 heterocycles. The first-order valence-electron chi connectivity index (χ1n) is 8.51. The Morgan fingerprint density at radius 1 is 1.11 bits per heavy atom. The molecule has 27 heavy (non-hydrogen) atoms. The van der Waals surface area contributed by atoms with Crippen molar-refractivity contribution in [3.63, 3.8) is 0 Å². The van der Waals surface area contributed by atoms with E-state index in [0.717, 1.165) is 5.56 Å². The highest BCUT2D eigenvalue weighted by atomic mass is 32.2. The number of anilines is 1. The summed E-state index contributed by atoms with van der Waals surface area (Å²) in [5, 5.41) is 7.90. The number of hydrogen-bond acceptors (Lipinski definition) is 4. The Morgan fingerprint density at radius 3 is 2.33 bits per heavy atom. The van der Waals surface area contributed by atoms with Gasteiger partial charge in [0.1, 0.15) is 0 Å². The third-order valence-corrected chi connectivity index (χ3v) is 5.72. The number of piperidine rings is 1. The van der Waals surface area contributed by atoms with Crippen molar-refractivity contribution in [2.75, 3.05) is 12.4 Å². The number of sulfonamides is 1. The molecular weight excluding hydrogens is 366 g/mol. The lowest BCUT2D eigenvalue weighted by Gasteiger charge is -2.38. The smallest absolute Gasteiger partial charge is 0.238 e. The third-order valence-electron chi connectivity index (χ3n) is 4.79. The van der Waals surface area contributed by atoms with Gasteiger partial charge < -0.3 is 10.2 Å². The Bertz CT molecular complexity index is 943. The normalized spacial score (nSPS) is 20.4. The topological polar surface area (TPSA) is 110 Å². The number of carbonyl (C=O) groups is 2. The second kappa shape index (κ2) is 7.50. The van der Waals surface area contributed by atoms with E-state index in [1.165, 1.54) is 24.3 Å². The fraction of sp³-hybridized carbons (Fsp3) is 0.263. The Balaban J connectivity index is 1.82. The van der Waals surface area contributed by atoms with Gasteiger partial charge in [-0.05, 0) is 36.2 Å². The number of primary sulfonamides is 1. The molecule has 0 aliphatic carbocycles. The van der Waals surface area contributed by atoms with E-state index in [4.69, 9.17) is 5.14 Å². The SMILES string of the molecule is CN1C(=O)CC[C@H](C(=O)Nc2ccc(S(N)(=O)=O)cc2)[C@H]1c1ccccc1. The third kappa shape index (κ3) is 4.17. The van der Waals surface area contributed by atoms with Crippen LogP contribution >= 0.6 is 0 Å². The Morgan fingerprint density at radius 2 is 1.74 bits per heavy atom. The van der Waals surface area contributed by atoms with E-state index in [0.29, 0.717) is 18.5 Å². The molecule has 0 saturated carbocycles. The van der Waals surface area contributed by atoms with Crippen molar-refractivity contribution in [2.45, 2.75) is 23.8 Å². The maximum Gasteiger partial charge on any atom is 0.238 e. The molecule has 8 heteroatoms. The molecule has 2 aromatic rings. The highest BCUT2D eigenvalue weighted by Crippen LogP contribution is 2.36. The van der Waals surface area contributed by atoms with Crippen LogP contribution in [0.25, 0.3) is 0 Å². The summed E-state index contributed by atoms with van der Waals surface area (Å²) in [6.07, 6.45) is 0.756. The van der Waals surface area contributed by atoms with Gasteiger partial charge in [-0.2, -0.15) is 0 Å². The predicted octanol–water partition coefficient (Wildman–Crippen LogP) is 1.88. The van der Waals surface area contributed by atoms with Crippen LogP contribution in [0.3, 0.4) is 0 Å². The average molecular weight is 387 g/mol.